The molecule has 0 radical (unpaired) electrons. The second-order valence-electron chi connectivity index (χ2n) is 4.71. The van der Waals surface area contributed by atoms with Crippen LogP contribution >= 0.6 is 11.3 Å². The average molecular weight is 262 g/mol. The van der Waals surface area contributed by atoms with Gasteiger partial charge in [0.05, 0.1) is 6.10 Å². The summed E-state index contributed by atoms with van der Waals surface area (Å²) in [5, 5.41) is 12.7. The summed E-state index contributed by atoms with van der Waals surface area (Å²) in [5.41, 5.74) is -0.208. The minimum Gasteiger partial charge on any atom is -0.491 e. The fraction of sp³-hybridized carbons (Fsp3) is 0.333. The molecule has 0 fully saturated rings. The molecule has 0 amide bonds. The zero-order valence-electron chi connectivity index (χ0n) is 10.9. The predicted octanol–water partition coefficient (Wildman–Crippen LogP) is 3.79. The molecule has 2 rings (SSSR count). The highest BCUT2D eigenvalue weighted by molar-refractivity contribution is 7.10. The van der Waals surface area contributed by atoms with E-state index in [9.17, 15) is 5.11 Å². The van der Waals surface area contributed by atoms with Crippen molar-refractivity contribution in [3.05, 3.63) is 52.2 Å². The van der Waals surface area contributed by atoms with Crippen molar-refractivity contribution in [2.75, 3.05) is 0 Å². The van der Waals surface area contributed by atoms with E-state index < -0.39 is 5.60 Å². The van der Waals surface area contributed by atoms with Crippen LogP contribution in [-0.2, 0) is 5.60 Å². The Morgan fingerprint density at radius 3 is 2.50 bits per heavy atom. The summed E-state index contributed by atoms with van der Waals surface area (Å²) in [6.45, 7) is 5.77. The maximum absolute atomic E-state index is 10.8. The van der Waals surface area contributed by atoms with E-state index in [1.807, 2.05) is 55.6 Å². The number of benzene rings is 1. The molecular weight excluding hydrogens is 244 g/mol. The molecule has 0 aliphatic rings. The topological polar surface area (TPSA) is 29.5 Å². The van der Waals surface area contributed by atoms with Crippen LogP contribution in [0.1, 0.15) is 31.2 Å². The normalized spacial score (nSPS) is 14.5. The molecule has 1 N–H and O–H groups in total. The lowest BCUT2D eigenvalue weighted by molar-refractivity contribution is 0.0996. The Kier molecular flexibility index (Phi) is 3.73. The maximum Gasteiger partial charge on any atom is 0.126 e. The highest BCUT2D eigenvalue weighted by atomic mass is 32.1. The first-order chi connectivity index (χ1) is 8.51. The highest BCUT2D eigenvalue weighted by Crippen LogP contribution is 2.37. The van der Waals surface area contributed by atoms with Gasteiger partial charge in [-0.2, -0.15) is 0 Å². The van der Waals surface area contributed by atoms with Crippen LogP contribution in [0.3, 0.4) is 0 Å². The summed E-state index contributed by atoms with van der Waals surface area (Å²) in [4.78, 5) is 0.919. The van der Waals surface area contributed by atoms with Crippen molar-refractivity contribution in [2.45, 2.75) is 32.5 Å². The molecule has 0 aliphatic heterocycles. The average Bonchev–Trinajstić information content (AvgIpc) is 2.82. The summed E-state index contributed by atoms with van der Waals surface area (Å²) in [6.07, 6.45) is 0.0882. The molecule has 1 aromatic heterocycles. The zero-order chi connectivity index (χ0) is 13.2. The molecule has 1 unspecified atom stereocenters. The summed E-state index contributed by atoms with van der Waals surface area (Å²) in [7, 11) is 0. The molecule has 1 atom stereocenters. The molecule has 1 heterocycles. The molecule has 1 aromatic carbocycles. The standard InChI is InChI=1S/C15H18O2S/c1-11(2)17-13-8-5-4-7-12(13)15(3,16)14-9-6-10-18-14/h4-11,16H,1-3H3. The second-order valence-corrected chi connectivity index (χ2v) is 5.66. The van der Waals surface area contributed by atoms with E-state index in [1.54, 1.807) is 18.3 Å². The van der Waals surface area contributed by atoms with E-state index in [1.165, 1.54) is 0 Å². The van der Waals surface area contributed by atoms with Crippen LogP contribution in [0.15, 0.2) is 41.8 Å². The van der Waals surface area contributed by atoms with E-state index in [0.717, 1.165) is 16.2 Å². The molecule has 2 aromatic rings. The van der Waals surface area contributed by atoms with Gasteiger partial charge < -0.3 is 9.84 Å². The van der Waals surface area contributed by atoms with Gasteiger partial charge in [-0.05, 0) is 38.3 Å². The number of aliphatic hydroxyl groups is 1. The van der Waals surface area contributed by atoms with E-state index in [4.69, 9.17) is 4.74 Å². The Hall–Kier alpha value is -1.32. The van der Waals surface area contributed by atoms with Gasteiger partial charge in [0.15, 0.2) is 0 Å². The minimum atomic E-state index is -1.01. The Labute approximate surface area is 112 Å². The monoisotopic (exact) mass is 262 g/mol. The predicted molar refractivity (Wildman–Crippen MR) is 75.2 cm³/mol. The molecule has 0 saturated heterocycles. The lowest BCUT2D eigenvalue weighted by atomic mass is 9.93. The van der Waals surface area contributed by atoms with Crippen LogP contribution in [0.2, 0.25) is 0 Å². The number of hydrogen-bond donors (Lipinski definition) is 1. The van der Waals surface area contributed by atoms with E-state index in [0.29, 0.717) is 0 Å². The summed E-state index contributed by atoms with van der Waals surface area (Å²) in [6, 6.07) is 11.5. The van der Waals surface area contributed by atoms with Crippen LogP contribution in [-0.4, -0.2) is 11.2 Å². The third-order valence-electron chi connectivity index (χ3n) is 2.78. The van der Waals surface area contributed by atoms with Gasteiger partial charge in [-0.1, -0.05) is 24.3 Å². The molecule has 2 nitrogen and oxygen atoms in total. The van der Waals surface area contributed by atoms with Crippen molar-refractivity contribution in [3.63, 3.8) is 0 Å². The van der Waals surface area contributed by atoms with Gasteiger partial charge in [0.25, 0.3) is 0 Å². The van der Waals surface area contributed by atoms with Gasteiger partial charge in [-0.25, -0.2) is 0 Å². The van der Waals surface area contributed by atoms with Crippen molar-refractivity contribution >= 4 is 11.3 Å². The zero-order valence-corrected chi connectivity index (χ0v) is 11.7. The molecule has 0 aliphatic carbocycles. The van der Waals surface area contributed by atoms with Crippen molar-refractivity contribution in [1.29, 1.82) is 0 Å². The Bertz CT molecular complexity index is 501. The lowest BCUT2D eigenvalue weighted by Crippen LogP contribution is -2.23. The highest BCUT2D eigenvalue weighted by Gasteiger charge is 2.30. The third-order valence-corrected chi connectivity index (χ3v) is 3.86. The first kappa shape index (κ1) is 13.1. The number of thiophene rings is 1. The van der Waals surface area contributed by atoms with Crippen LogP contribution in [0.5, 0.6) is 5.75 Å². The molecular formula is C15H18O2S. The fourth-order valence-corrected chi connectivity index (χ4v) is 2.71. The van der Waals surface area contributed by atoms with Crippen LogP contribution in [0.25, 0.3) is 0 Å². The molecule has 3 heteroatoms. The number of rotatable bonds is 4. The van der Waals surface area contributed by atoms with Crippen molar-refractivity contribution in [3.8, 4) is 5.75 Å². The first-order valence-electron chi connectivity index (χ1n) is 6.04. The maximum atomic E-state index is 10.8. The number of hydrogen-bond acceptors (Lipinski definition) is 3. The quantitative estimate of drug-likeness (QED) is 0.908. The van der Waals surface area contributed by atoms with Crippen molar-refractivity contribution in [2.24, 2.45) is 0 Å². The fourth-order valence-electron chi connectivity index (χ4n) is 1.91. The van der Waals surface area contributed by atoms with Gasteiger partial charge in [-0.15, -0.1) is 11.3 Å². The minimum absolute atomic E-state index is 0.0882. The van der Waals surface area contributed by atoms with E-state index >= 15 is 0 Å². The van der Waals surface area contributed by atoms with Crippen LogP contribution < -0.4 is 4.74 Å². The Morgan fingerprint density at radius 1 is 1.17 bits per heavy atom. The van der Waals surface area contributed by atoms with Gasteiger partial charge >= 0.3 is 0 Å². The SMILES string of the molecule is CC(C)Oc1ccccc1C(C)(O)c1cccs1. The molecule has 96 valence electrons. The third kappa shape index (κ3) is 2.57. The Balaban J connectivity index is 2.44. The van der Waals surface area contributed by atoms with Gasteiger partial charge in [0, 0.05) is 10.4 Å². The Morgan fingerprint density at radius 2 is 1.89 bits per heavy atom. The van der Waals surface area contributed by atoms with Gasteiger partial charge in [0.2, 0.25) is 0 Å². The molecule has 0 saturated carbocycles. The largest absolute Gasteiger partial charge is 0.491 e. The molecule has 18 heavy (non-hydrogen) atoms. The molecule has 0 spiro atoms. The lowest BCUT2D eigenvalue weighted by Gasteiger charge is -2.26. The second kappa shape index (κ2) is 5.12. The van der Waals surface area contributed by atoms with Gasteiger partial charge in [0.1, 0.15) is 11.4 Å². The van der Waals surface area contributed by atoms with Crippen molar-refractivity contribution < 1.29 is 9.84 Å². The van der Waals surface area contributed by atoms with Crippen LogP contribution in [0, 0.1) is 0 Å². The smallest absolute Gasteiger partial charge is 0.126 e. The summed E-state index contributed by atoms with van der Waals surface area (Å²) in [5.74, 6) is 0.742. The van der Waals surface area contributed by atoms with E-state index in [2.05, 4.69) is 0 Å². The number of ether oxygens (including phenoxy) is 1. The van der Waals surface area contributed by atoms with Gasteiger partial charge in [-0.3, -0.25) is 0 Å². The van der Waals surface area contributed by atoms with Crippen LogP contribution in [0.4, 0.5) is 0 Å². The number of para-hydroxylation sites is 1. The summed E-state index contributed by atoms with van der Waals surface area (Å²) < 4.78 is 5.77. The molecule has 0 bridgehead atoms. The first-order valence-corrected chi connectivity index (χ1v) is 6.92. The van der Waals surface area contributed by atoms with Crippen molar-refractivity contribution in [1.82, 2.24) is 0 Å². The summed E-state index contributed by atoms with van der Waals surface area (Å²) >= 11 is 1.55. The van der Waals surface area contributed by atoms with E-state index in [-0.39, 0.29) is 6.10 Å².